The van der Waals surface area contributed by atoms with E-state index < -0.39 is 18.3 Å². The lowest BCUT2D eigenvalue weighted by Gasteiger charge is -2.25. The van der Waals surface area contributed by atoms with Gasteiger partial charge in [-0.3, -0.25) is 0 Å². The predicted octanol–water partition coefficient (Wildman–Crippen LogP) is 3.73. The van der Waals surface area contributed by atoms with Crippen LogP contribution in [0.5, 0.6) is 0 Å². The van der Waals surface area contributed by atoms with Gasteiger partial charge in [0.25, 0.3) is 0 Å². The van der Waals surface area contributed by atoms with E-state index in [1.165, 1.54) is 6.42 Å². The number of hydrogen-bond acceptors (Lipinski definition) is 3. The summed E-state index contributed by atoms with van der Waals surface area (Å²) in [5.41, 5.74) is 1.92. The average molecular weight is 305 g/mol. The molecule has 1 fully saturated rings. The van der Waals surface area contributed by atoms with Crippen molar-refractivity contribution < 1.29 is 14.6 Å². The minimum Gasteiger partial charge on any atom is -0.443 e. The number of rotatable bonds is 5. The fourth-order valence-corrected chi connectivity index (χ4v) is 3.08. The molecule has 0 heterocycles. The average Bonchev–Trinajstić information content (AvgIpc) is 2.54. The Kier molecular flexibility index (Phi) is 6.25. The molecule has 22 heavy (non-hydrogen) atoms. The lowest BCUT2D eigenvalue weighted by molar-refractivity contribution is 0.00986. The van der Waals surface area contributed by atoms with Gasteiger partial charge in [0.2, 0.25) is 0 Å². The van der Waals surface area contributed by atoms with Crippen LogP contribution < -0.4 is 5.32 Å². The maximum Gasteiger partial charge on any atom is 0.407 e. The molecule has 2 atom stereocenters. The fraction of sp³-hybridized carbons (Fsp3) is 0.611. The molecule has 1 aromatic carbocycles. The van der Waals surface area contributed by atoms with E-state index >= 15 is 0 Å². The predicted molar refractivity (Wildman–Crippen MR) is 86.7 cm³/mol. The largest absolute Gasteiger partial charge is 0.443 e. The molecule has 122 valence electrons. The third-order valence-corrected chi connectivity index (χ3v) is 4.42. The van der Waals surface area contributed by atoms with Crippen molar-refractivity contribution in [2.75, 3.05) is 0 Å². The molecule has 0 bridgehead atoms. The summed E-state index contributed by atoms with van der Waals surface area (Å²) in [4.78, 5) is 12.0. The van der Waals surface area contributed by atoms with Crippen LogP contribution >= 0.6 is 0 Å². The molecule has 2 rings (SSSR count). The van der Waals surface area contributed by atoms with E-state index in [4.69, 9.17) is 4.74 Å². The van der Waals surface area contributed by atoms with Crippen LogP contribution in [0.4, 0.5) is 4.79 Å². The second-order valence-electron chi connectivity index (χ2n) is 6.09. The lowest BCUT2D eigenvalue weighted by Crippen LogP contribution is -2.39. The molecule has 0 spiro atoms. The molecule has 1 aliphatic carbocycles. The number of amides is 1. The van der Waals surface area contributed by atoms with Crippen molar-refractivity contribution in [2.45, 2.75) is 70.6 Å². The van der Waals surface area contributed by atoms with Crippen LogP contribution in [0, 0.1) is 0 Å². The van der Waals surface area contributed by atoms with E-state index in [0.29, 0.717) is 0 Å². The van der Waals surface area contributed by atoms with Gasteiger partial charge in [0.1, 0.15) is 12.2 Å². The van der Waals surface area contributed by atoms with Crippen LogP contribution in [0.1, 0.15) is 63.2 Å². The topological polar surface area (TPSA) is 58.6 Å². The molecule has 4 nitrogen and oxygen atoms in total. The van der Waals surface area contributed by atoms with Gasteiger partial charge in [-0.25, -0.2) is 4.79 Å². The zero-order valence-electron chi connectivity index (χ0n) is 13.5. The van der Waals surface area contributed by atoms with Crippen LogP contribution in [0.3, 0.4) is 0 Å². The number of benzene rings is 1. The van der Waals surface area contributed by atoms with Crippen molar-refractivity contribution in [3.63, 3.8) is 0 Å². The normalized spacial score (nSPS) is 18.5. The SMILES string of the molecule is CCc1ccccc1C(O)C(C)OC(=O)NC1CCCCC1. The van der Waals surface area contributed by atoms with Crippen molar-refractivity contribution in [2.24, 2.45) is 0 Å². The quantitative estimate of drug-likeness (QED) is 0.871. The molecule has 0 saturated heterocycles. The van der Waals surface area contributed by atoms with E-state index in [0.717, 1.165) is 43.2 Å². The third-order valence-electron chi connectivity index (χ3n) is 4.42. The van der Waals surface area contributed by atoms with Gasteiger partial charge in [-0.2, -0.15) is 0 Å². The van der Waals surface area contributed by atoms with Crippen LogP contribution in [-0.2, 0) is 11.2 Å². The van der Waals surface area contributed by atoms with Gasteiger partial charge in [0, 0.05) is 6.04 Å². The van der Waals surface area contributed by atoms with Gasteiger partial charge < -0.3 is 15.2 Å². The molecular weight excluding hydrogens is 278 g/mol. The first-order valence-electron chi connectivity index (χ1n) is 8.34. The van der Waals surface area contributed by atoms with Crippen molar-refractivity contribution in [1.82, 2.24) is 5.32 Å². The van der Waals surface area contributed by atoms with Crippen LogP contribution in [0.25, 0.3) is 0 Å². The highest BCUT2D eigenvalue weighted by atomic mass is 16.6. The number of hydrogen-bond donors (Lipinski definition) is 2. The highest BCUT2D eigenvalue weighted by Crippen LogP contribution is 2.24. The Hall–Kier alpha value is -1.55. The molecule has 0 aromatic heterocycles. The summed E-state index contributed by atoms with van der Waals surface area (Å²) in [6.07, 6.45) is 4.65. The number of aryl methyl sites for hydroxylation is 1. The van der Waals surface area contributed by atoms with Gasteiger partial charge in [0.05, 0.1) is 0 Å². The van der Waals surface area contributed by atoms with Gasteiger partial charge in [0.15, 0.2) is 0 Å². The third kappa shape index (κ3) is 4.47. The van der Waals surface area contributed by atoms with Crippen LogP contribution in [0.15, 0.2) is 24.3 Å². The van der Waals surface area contributed by atoms with Crippen LogP contribution in [0.2, 0.25) is 0 Å². The highest BCUT2D eigenvalue weighted by Gasteiger charge is 2.23. The molecule has 0 radical (unpaired) electrons. The van der Waals surface area contributed by atoms with Crippen molar-refractivity contribution in [1.29, 1.82) is 0 Å². The van der Waals surface area contributed by atoms with Gasteiger partial charge in [-0.1, -0.05) is 50.5 Å². The summed E-state index contributed by atoms with van der Waals surface area (Å²) in [5, 5.41) is 13.4. The molecule has 1 aliphatic rings. The number of carbonyl (C=O) groups excluding carboxylic acids is 1. The van der Waals surface area contributed by atoms with Crippen molar-refractivity contribution >= 4 is 6.09 Å². The molecule has 1 amide bonds. The number of alkyl carbamates (subject to hydrolysis) is 1. The highest BCUT2D eigenvalue weighted by molar-refractivity contribution is 5.67. The smallest absolute Gasteiger partial charge is 0.407 e. The molecule has 2 N–H and O–H groups in total. The van der Waals surface area contributed by atoms with Gasteiger partial charge in [-0.05, 0) is 37.3 Å². The Balaban J connectivity index is 1.90. The monoisotopic (exact) mass is 305 g/mol. The first-order chi connectivity index (χ1) is 10.6. The standard InChI is InChI=1S/C18H27NO3/c1-3-14-9-7-8-12-16(14)17(20)13(2)22-18(21)19-15-10-5-4-6-11-15/h7-9,12-13,15,17,20H,3-6,10-11H2,1-2H3,(H,19,21). The van der Waals surface area contributed by atoms with Crippen molar-refractivity contribution in [3.05, 3.63) is 35.4 Å². The summed E-state index contributed by atoms with van der Waals surface area (Å²) in [7, 11) is 0. The van der Waals surface area contributed by atoms with Gasteiger partial charge >= 0.3 is 6.09 Å². The Labute approximate surface area is 132 Å². The Morgan fingerprint density at radius 3 is 2.68 bits per heavy atom. The minimum atomic E-state index is -0.798. The van der Waals surface area contributed by atoms with E-state index in [2.05, 4.69) is 5.32 Å². The summed E-state index contributed by atoms with van der Waals surface area (Å²) >= 11 is 0. The Bertz CT molecular complexity index is 483. The Morgan fingerprint density at radius 1 is 1.32 bits per heavy atom. The van der Waals surface area contributed by atoms with E-state index in [1.807, 2.05) is 31.2 Å². The molecule has 1 aromatic rings. The number of ether oxygens (including phenoxy) is 1. The second-order valence-corrected chi connectivity index (χ2v) is 6.09. The number of aliphatic hydroxyl groups excluding tert-OH is 1. The zero-order chi connectivity index (χ0) is 15.9. The summed E-state index contributed by atoms with van der Waals surface area (Å²) < 4.78 is 5.37. The number of carbonyl (C=O) groups is 1. The molecular formula is C18H27NO3. The second kappa shape index (κ2) is 8.18. The zero-order valence-corrected chi connectivity index (χ0v) is 13.5. The summed E-state index contributed by atoms with van der Waals surface area (Å²) in [6, 6.07) is 7.95. The summed E-state index contributed by atoms with van der Waals surface area (Å²) in [5.74, 6) is 0. The first kappa shape index (κ1) is 16.8. The Morgan fingerprint density at radius 2 is 2.00 bits per heavy atom. The maximum atomic E-state index is 12.0. The van der Waals surface area contributed by atoms with E-state index in [9.17, 15) is 9.90 Å². The van der Waals surface area contributed by atoms with Gasteiger partial charge in [-0.15, -0.1) is 0 Å². The first-order valence-corrected chi connectivity index (χ1v) is 8.34. The number of aliphatic hydroxyl groups is 1. The fourth-order valence-electron chi connectivity index (χ4n) is 3.08. The van der Waals surface area contributed by atoms with Crippen molar-refractivity contribution in [3.8, 4) is 0 Å². The van der Waals surface area contributed by atoms with E-state index in [1.54, 1.807) is 6.92 Å². The summed E-state index contributed by atoms with van der Waals surface area (Å²) in [6.45, 7) is 3.78. The minimum absolute atomic E-state index is 0.216. The molecule has 2 unspecified atom stereocenters. The molecule has 0 aliphatic heterocycles. The molecule has 4 heteroatoms. The van der Waals surface area contributed by atoms with E-state index in [-0.39, 0.29) is 6.04 Å². The number of nitrogens with one attached hydrogen (secondary N) is 1. The maximum absolute atomic E-state index is 12.0. The lowest BCUT2D eigenvalue weighted by atomic mass is 9.96. The van der Waals surface area contributed by atoms with Crippen LogP contribution in [-0.4, -0.2) is 23.3 Å². The molecule has 1 saturated carbocycles.